The Balaban J connectivity index is 2.51. The van der Waals surface area contributed by atoms with Crippen LogP contribution in [0.5, 0.6) is 0 Å². The minimum absolute atomic E-state index is 0.331. The van der Waals surface area contributed by atoms with Crippen molar-refractivity contribution in [3.05, 3.63) is 11.9 Å². The molecule has 0 saturated carbocycles. The van der Waals surface area contributed by atoms with Gasteiger partial charge in [0.15, 0.2) is 0 Å². The van der Waals surface area contributed by atoms with Crippen LogP contribution in [0, 0.1) is 5.41 Å². The summed E-state index contributed by atoms with van der Waals surface area (Å²) < 4.78 is 0. The van der Waals surface area contributed by atoms with E-state index >= 15 is 0 Å². The lowest BCUT2D eigenvalue weighted by Crippen LogP contribution is -2.24. The largest absolute Gasteiger partial charge is 0.309 e. The van der Waals surface area contributed by atoms with Crippen LogP contribution in [0.3, 0.4) is 0 Å². The van der Waals surface area contributed by atoms with Crippen LogP contribution in [0.2, 0.25) is 0 Å². The summed E-state index contributed by atoms with van der Waals surface area (Å²) in [5.74, 6) is 0. The van der Waals surface area contributed by atoms with E-state index in [1.165, 1.54) is 6.42 Å². The molecule has 0 saturated heterocycles. The summed E-state index contributed by atoms with van der Waals surface area (Å²) in [6.07, 6.45) is 5.25. The molecule has 0 radical (unpaired) electrons. The van der Waals surface area contributed by atoms with Crippen molar-refractivity contribution in [2.45, 2.75) is 53.0 Å². The van der Waals surface area contributed by atoms with Crippen LogP contribution in [0.1, 0.15) is 58.7 Å². The van der Waals surface area contributed by atoms with E-state index in [0.29, 0.717) is 11.5 Å². The zero-order valence-electron chi connectivity index (χ0n) is 10.9. The molecule has 4 nitrogen and oxygen atoms in total. The summed E-state index contributed by atoms with van der Waals surface area (Å²) >= 11 is 0. The molecule has 0 fully saturated rings. The fraction of sp³-hybridized carbons (Fsp3) is 0.833. The predicted octanol–water partition coefficient (Wildman–Crippen LogP) is 2.67. The number of nitrogens with zero attached hydrogens (tertiary/aromatic N) is 2. The molecule has 0 aliphatic heterocycles. The Morgan fingerprint density at radius 3 is 2.69 bits per heavy atom. The van der Waals surface area contributed by atoms with Crippen molar-refractivity contribution in [2.75, 3.05) is 6.54 Å². The van der Waals surface area contributed by atoms with Gasteiger partial charge in [-0.25, -0.2) is 0 Å². The minimum Gasteiger partial charge on any atom is -0.309 e. The molecular formula is C12H24N4. The lowest BCUT2D eigenvalue weighted by Gasteiger charge is -2.22. The third-order valence-electron chi connectivity index (χ3n) is 2.61. The molecule has 2 N–H and O–H groups in total. The van der Waals surface area contributed by atoms with Crippen molar-refractivity contribution in [3.63, 3.8) is 0 Å². The summed E-state index contributed by atoms with van der Waals surface area (Å²) in [6, 6.07) is 0.331. The van der Waals surface area contributed by atoms with Gasteiger partial charge >= 0.3 is 0 Å². The molecular weight excluding hydrogens is 200 g/mol. The molecule has 0 bridgehead atoms. The molecule has 0 aromatic carbocycles. The fourth-order valence-electron chi connectivity index (χ4n) is 1.63. The number of hydrogen-bond donors (Lipinski definition) is 2. The molecule has 1 heterocycles. The minimum atomic E-state index is 0.331. The predicted molar refractivity (Wildman–Crippen MR) is 66.1 cm³/mol. The Bertz CT molecular complexity index is 274. The second-order valence-corrected chi connectivity index (χ2v) is 5.50. The molecule has 1 aromatic rings. The van der Waals surface area contributed by atoms with E-state index in [9.17, 15) is 0 Å². The summed E-state index contributed by atoms with van der Waals surface area (Å²) in [7, 11) is 0. The molecule has 16 heavy (non-hydrogen) atoms. The van der Waals surface area contributed by atoms with Crippen LogP contribution in [-0.4, -0.2) is 22.0 Å². The van der Waals surface area contributed by atoms with Gasteiger partial charge in [0.25, 0.3) is 0 Å². The summed E-state index contributed by atoms with van der Waals surface area (Å²) in [6.45, 7) is 10.0. The Morgan fingerprint density at radius 2 is 2.19 bits per heavy atom. The first-order valence-corrected chi connectivity index (χ1v) is 6.12. The summed E-state index contributed by atoms with van der Waals surface area (Å²) in [4.78, 5) is 0. The van der Waals surface area contributed by atoms with Crippen LogP contribution < -0.4 is 5.32 Å². The first-order chi connectivity index (χ1) is 7.53. The maximum Gasteiger partial charge on any atom is 0.0993 e. The number of hydrogen-bond acceptors (Lipinski definition) is 3. The molecule has 0 amide bonds. The summed E-state index contributed by atoms with van der Waals surface area (Å²) in [5, 5.41) is 14.3. The second kappa shape index (κ2) is 5.99. The standard InChI is InChI=1S/C12H24N4/c1-5-8-13-10(6-7-12(2,3)4)11-9-14-16-15-11/h9-10,13H,5-8H2,1-4H3,(H,14,15,16). The molecule has 92 valence electrons. The second-order valence-electron chi connectivity index (χ2n) is 5.50. The van der Waals surface area contributed by atoms with Crippen LogP contribution in [0.15, 0.2) is 6.20 Å². The molecule has 0 aliphatic rings. The van der Waals surface area contributed by atoms with E-state index in [0.717, 1.165) is 25.1 Å². The lowest BCUT2D eigenvalue weighted by atomic mass is 9.88. The number of rotatable bonds is 6. The highest BCUT2D eigenvalue weighted by Crippen LogP contribution is 2.26. The van der Waals surface area contributed by atoms with Crippen molar-refractivity contribution in [3.8, 4) is 0 Å². The van der Waals surface area contributed by atoms with Crippen LogP contribution in [0.4, 0.5) is 0 Å². The Labute approximate surface area is 98.2 Å². The molecule has 1 atom stereocenters. The van der Waals surface area contributed by atoms with Crippen LogP contribution in [-0.2, 0) is 0 Å². The van der Waals surface area contributed by atoms with E-state index < -0.39 is 0 Å². The van der Waals surface area contributed by atoms with Crippen molar-refractivity contribution in [2.24, 2.45) is 5.41 Å². The van der Waals surface area contributed by atoms with Gasteiger partial charge in [0, 0.05) is 0 Å². The number of nitrogens with one attached hydrogen (secondary N) is 2. The lowest BCUT2D eigenvalue weighted by molar-refractivity contribution is 0.330. The average Bonchev–Trinajstić information content (AvgIpc) is 2.69. The highest BCUT2D eigenvalue weighted by Gasteiger charge is 2.17. The Morgan fingerprint density at radius 1 is 1.44 bits per heavy atom. The number of aromatic amines is 1. The van der Waals surface area contributed by atoms with Crippen LogP contribution in [0.25, 0.3) is 0 Å². The van der Waals surface area contributed by atoms with Crippen molar-refractivity contribution >= 4 is 0 Å². The van der Waals surface area contributed by atoms with Gasteiger partial charge in [0.1, 0.15) is 0 Å². The van der Waals surface area contributed by atoms with E-state index in [2.05, 4.69) is 48.4 Å². The molecule has 1 aromatic heterocycles. The third kappa shape index (κ3) is 4.75. The van der Waals surface area contributed by atoms with Gasteiger partial charge < -0.3 is 5.32 Å². The van der Waals surface area contributed by atoms with Gasteiger partial charge in [-0.15, -0.1) is 0 Å². The SMILES string of the molecule is CCCNC(CCC(C)(C)C)c1cn[nH]n1. The molecule has 0 spiro atoms. The smallest absolute Gasteiger partial charge is 0.0993 e. The first-order valence-electron chi connectivity index (χ1n) is 6.12. The maximum atomic E-state index is 4.17. The highest BCUT2D eigenvalue weighted by molar-refractivity contribution is 4.99. The normalized spacial score (nSPS) is 14.0. The van der Waals surface area contributed by atoms with Crippen LogP contribution >= 0.6 is 0 Å². The zero-order valence-corrected chi connectivity index (χ0v) is 10.9. The van der Waals surface area contributed by atoms with Gasteiger partial charge in [-0.1, -0.05) is 27.7 Å². The molecule has 0 aliphatic carbocycles. The summed E-state index contributed by atoms with van der Waals surface area (Å²) in [5.41, 5.74) is 1.40. The van der Waals surface area contributed by atoms with Gasteiger partial charge in [0.05, 0.1) is 17.9 Å². The van der Waals surface area contributed by atoms with E-state index in [4.69, 9.17) is 0 Å². The van der Waals surface area contributed by atoms with E-state index in [1.807, 2.05) is 6.20 Å². The van der Waals surface area contributed by atoms with E-state index in [-0.39, 0.29) is 0 Å². The molecule has 1 unspecified atom stereocenters. The quantitative estimate of drug-likeness (QED) is 0.781. The molecule has 1 rings (SSSR count). The zero-order chi connectivity index (χ0) is 12.0. The average molecular weight is 224 g/mol. The first kappa shape index (κ1) is 13.2. The van der Waals surface area contributed by atoms with Crippen molar-refractivity contribution < 1.29 is 0 Å². The third-order valence-corrected chi connectivity index (χ3v) is 2.61. The fourth-order valence-corrected chi connectivity index (χ4v) is 1.63. The topological polar surface area (TPSA) is 53.6 Å². The van der Waals surface area contributed by atoms with Crippen molar-refractivity contribution in [1.82, 2.24) is 20.7 Å². The highest BCUT2D eigenvalue weighted by atomic mass is 15.3. The monoisotopic (exact) mass is 224 g/mol. The van der Waals surface area contributed by atoms with Gasteiger partial charge in [-0.05, 0) is 31.2 Å². The number of H-pyrrole nitrogens is 1. The Hall–Kier alpha value is -0.900. The van der Waals surface area contributed by atoms with Gasteiger partial charge in [-0.3, -0.25) is 0 Å². The molecule has 4 heteroatoms. The van der Waals surface area contributed by atoms with Gasteiger partial charge in [0.2, 0.25) is 0 Å². The Kier molecular flexibility index (Phi) is 4.93. The van der Waals surface area contributed by atoms with Gasteiger partial charge in [-0.2, -0.15) is 15.4 Å². The van der Waals surface area contributed by atoms with E-state index in [1.54, 1.807) is 0 Å². The maximum absolute atomic E-state index is 4.17. The number of aromatic nitrogens is 3. The van der Waals surface area contributed by atoms with Crippen molar-refractivity contribution in [1.29, 1.82) is 0 Å².